The molecular formula is C26H48N8O9S. The number of thiol groups is 1. The van der Waals surface area contributed by atoms with Gasteiger partial charge in [0.15, 0.2) is 0 Å². The van der Waals surface area contributed by atoms with Gasteiger partial charge in [0.1, 0.15) is 30.2 Å². The van der Waals surface area contributed by atoms with Crippen molar-refractivity contribution in [1.82, 2.24) is 26.6 Å². The van der Waals surface area contributed by atoms with E-state index in [1.807, 2.05) is 0 Å². The molecule has 1 unspecified atom stereocenters. The number of amides is 6. The quantitative estimate of drug-likeness (QED) is 0.0400. The molecule has 13 N–H and O–H groups in total. The van der Waals surface area contributed by atoms with Crippen LogP contribution in [-0.4, -0.2) is 107 Å². The van der Waals surface area contributed by atoms with Crippen molar-refractivity contribution < 1.29 is 43.8 Å². The molecule has 18 heteroatoms. The molecule has 6 amide bonds. The van der Waals surface area contributed by atoms with Crippen molar-refractivity contribution in [1.29, 1.82) is 0 Å². The Morgan fingerprint density at radius 2 is 1.34 bits per heavy atom. The first-order valence-electron chi connectivity index (χ1n) is 14.3. The summed E-state index contributed by atoms with van der Waals surface area (Å²) >= 11 is 3.91. The Kier molecular flexibility index (Phi) is 19.6. The average Bonchev–Trinajstić information content (AvgIpc) is 2.98. The van der Waals surface area contributed by atoms with Gasteiger partial charge in [-0.3, -0.25) is 28.8 Å². The van der Waals surface area contributed by atoms with E-state index in [0.29, 0.717) is 25.8 Å². The molecule has 0 heterocycles. The van der Waals surface area contributed by atoms with Crippen molar-refractivity contribution >= 4 is 54.0 Å². The minimum absolute atomic E-state index is 0.0287. The van der Waals surface area contributed by atoms with E-state index in [2.05, 4.69) is 39.2 Å². The maximum atomic E-state index is 13.4. The Labute approximate surface area is 262 Å². The van der Waals surface area contributed by atoms with Crippen LogP contribution < -0.4 is 43.8 Å². The van der Waals surface area contributed by atoms with Crippen molar-refractivity contribution in [3.63, 3.8) is 0 Å². The Balaban J connectivity index is 5.75. The predicted molar refractivity (Wildman–Crippen MR) is 163 cm³/mol. The molecule has 0 aliphatic rings. The van der Waals surface area contributed by atoms with Gasteiger partial charge in [-0.2, -0.15) is 12.6 Å². The SMILES string of the molecule is CCC(C)[C@H](NC(=O)[C@H](CO)NC(=O)[C@H](C)NC(=O)[C@@H](N)CS)C(=O)N[C@@H](CCC(N)=O)C(=O)N[C@@H](CCCCN)C(=O)O. The fourth-order valence-corrected chi connectivity index (χ4v) is 3.92. The Hall–Kier alpha value is -3.48. The monoisotopic (exact) mass is 648 g/mol. The van der Waals surface area contributed by atoms with Crippen LogP contribution in [0.4, 0.5) is 0 Å². The summed E-state index contributed by atoms with van der Waals surface area (Å²) in [6.45, 7) is 4.19. The number of hydrogen-bond acceptors (Lipinski definition) is 11. The Morgan fingerprint density at radius 1 is 0.773 bits per heavy atom. The summed E-state index contributed by atoms with van der Waals surface area (Å²) in [4.78, 5) is 87.0. The zero-order valence-electron chi connectivity index (χ0n) is 25.3. The Bertz CT molecular complexity index is 1000. The summed E-state index contributed by atoms with van der Waals surface area (Å²) in [5.41, 5.74) is 16.2. The lowest BCUT2D eigenvalue weighted by molar-refractivity contribution is -0.142. The van der Waals surface area contributed by atoms with E-state index >= 15 is 0 Å². The molecule has 0 bridgehead atoms. The molecule has 44 heavy (non-hydrogen) atoms. The lowest BCUT2D eigenvalue weighted by Crippen LogP contribution is -2.61. The standard InChI is InChI=1S/C26H48N8O9S/c1-4-13(2)20(34-24(40)18(11-35)33-21(37)14(3)30-22(38)15(28)12-44)25(41)31-16(8-9-19(29)36)23(39)32-17(26(42)43)7-5-6-10-27/h13-18,20,35,44H,4-12,27-28H2,1-3H3,(H2,29,36)(H,30,38)(H,31,41)(H,32,39)(H,33,37)(H,34,40)(H,42,43)/t13?,14-,15-,16-,17-,18-,20-/m0/s1. The molecule has 7 atom stereocenters. The molecule has 0 saturated carbocycles. The predicted octanol–water partition coefficient (Wildman–Crippen LogP) is -3.80. The van der Waals surface area contributed by atoms with E-state index < -0.39 is 90.2 Å². The zero-order chi connectivity index (χ0) is 34.0. The van der Waals surface area contributed by atoms with Gasteiger partial charge in [0.2, 0.25) is 35.4 Å². The molecule has 0 radical (unpaired) electrons. The van der Waals surface area contributed by atoms with Crippen molar-refractivity contribution in [3.05, 3.63) is 0 Å². The molecule has 0 aromatic rings. The third kappa shape index (κ3) is 14.8. The summed E-state index contributed by atoms with van der Waals surface area (Å²) < 4.78 is 0. The van der Waals surface area contributed by atoms with E-state index in [1.165, 1.54) is 6.92 Å². The van der Waals surface area contributed by atoms with Crippen LogP contribution in [0.3, 0.4) is 0 Å². The fourth-order valence-electron chi connectivity index (χ4n) is 3.75. The van der Waals surface area contributed by atoms with Crippen LogP contribution in [0.5, 0.6) is 0 Å². The van der Waals surface area contributed by atoms with Crippen LogP contribution in [0.15, 0.2) is 0 Å². The summed E-state index contributed by atoms with van der Waals surface area (Å²) in [6, 6.07) is -7.54. The number of aliphatic carboxylic acids is 1. The number of rotatable bonds is 22. The van der Waals surface area contributed by atoms with Crippen LogP contribution in [0.25, 0.3) is 0 Å². The van der Waals surface area contributed by atoms with E-state index in [9.17, 15) is 43.8 Å². The lowest BCUT2D eigenvalue weighted by atomic mass is 9.97. The summed E-state index contributed by atoms with van der Waals surface area (Å²) in [6.07, 6.45) is 0.854. The number of carbonyl (C=O) groups excluding carboxylic acids is 6. The third-order valence-electron chi connectivity index (χ3n) is 6.77. The normalized spacial score (nSPS) is 15.7. The minimum atomic E-state index is -1.52. The third-order valence-corrected chi connectivity index (χ3v) is 7.16. The highest BCUT2D eigenvalue weighted by Crippen LogP contribution is 2.11. The van der Waals surface area contributed by atoms with Crippen LogP contribution in [-0.2, 0) is 33.6 Å². The van der Waals surface area contributed by atoms with Crippen LogP contribution in [0.2, 0.25) is 0 Å². The topological polar surface area (TPSA) is 298 Å². The lowest BCUT2D eigenvalue weighted by Gasteiger charge is -2.28. The number of carboxylic acids is 1. The first kappa shape index (κ1) is 40.5. The minimum Gasteiger partial charge on any atom is -0.480 e. The molecule has 0 aromatic heterocycles. The number of nitrogens with two attached hydrogens (primary N) is 3. The number of aliphatic hydroxyl groups is 1. The summed E-state index contributed by atoms with van der Waals surface area (Å²) in [5.74, 6) is -6.65. The van der Waals surface area contributed by atoms with Gasteiger partial charge in [0.25, 0.3) is 0 Å². The van der Waals surface area contributed by atoms with E-state index in [0.717, 1.165) is 0 Å². The van der Waals surface area contributed by atoms with Crippen LogP contribution in [0, 0.1) is 5.92 Å². The van der Waals surface area contributed by atoms with Gasteiger partial charge in [0, 0.05) is 12.2 Å². The highest BCUT2D eigenvalue weighted by Gasteiger charge is 2.34. The fraction of sp³-hybridized carbons (Fsp3) is 0.731. The smallest absolute Gasteiger partial charge is 0.326 e. The van der Waals surface area contributed by atoms with Crippen molar-refractivity contribution in [3.8, 4) is 0 Å². The number of unbranched alkanes of at least 4 members (excludes halogenated alkanes) is 1. The number of carbonyl (C=O) groups is 7. The zero-order valence-corrected chi connectivity index (χ0v) is 26.2. The van der Waals surface area contributed by atoms with Gasteiger partial charge in [-0.15, -0.1) is 0 Å². The molecule has 17 nitrogen and oxygen atoms in total. The molecule has 252 valence electrons. The summed E-state index contributed by atoms with van der Waals surface area (Å²) in [5, 5.41) is 31.2. The molecule has 0 rings (SSSR count). The van der Waals surface area contributed by atoms with Crippen molar-refractivity contribution in [2.24, 2.45) is 23.1 Å². The number of primary amides is 1. The maximum absolute atomic E-state index is 13.4. The molecule has 0 spiro atoms. The first-order chi connectivity index (χ1) is 20.6. The number of nitrogens with one attached hydrogen (secondary N) is 5. The van der Waals surface area contributed by atoms with Crippen molar-refractivity contribution in [2.45, 2.75) is 95.5 Å². The van der Waals surface area contributed by atoms with Crippen LogP contribution >= 0.6 is 12.6 Å². The molecular weight excluding hydrogens is 600 g/mol. The Morgan fingerprint density at radius 3 is 1.84 bits per heavy atom. The van der Waals surface area contributed by atoms with Gasteiger partial charge in [-0.1, -0.05) is 20.3 Å². The largest absolute Gasteiger partial charge is 0.480 e. The number of hydrogen-bond donors (Lipinski definition) is 11. The van der Waals surface area contributed by atoms with Gasteiger partial charge < -0.3 is 54.0 Å². The van der Waals surface area contributed by atoms with Crippen LogP contribution in [0.1, 0.15) is 59.3 Å². The highest BCUT2D eigenvalue weighted by molar-refractivity contribution is 7.80. The molecule has 0 aliphatic heterocycles. The second kappa shape index (κ2) is 21.3. The van der Waals surface area contributed by atoms with Gasteiger partial charge in [-0.25, -0.2) is 4.79 Å². The maximum Gasteiger partial charge on any atom is 0.326 e. The molecule has 0 saturated heterocycles. The average molecular weight is 649 g/mol. The first-order valence-corrected chi connectivity index (χ1v) is 15.0. The summed E-state index contributed by atoms with van der Waals surface area (Å²) in [7, 11) is 0. The molecule has 0 fully saturated rings. The van der Waals surface area contributed by atoms with E-state index in [4.69, 9.17) is 17.2 Å². The number of carboxylic acid groups (broad SMARTS) is 1. The van der Waals surface area contributed by atoms with E-state index in [1.54, 1.807) is 13.8 Å². The van der Waals surface area contributed by atoms with Gasteiger partial charge in [-0.05, 0) is 45.1 Å². The second-order valence-electron chi connectivity index (χ2n) is 10.4. The molecule has 0 aromatic carbocycles. The highest BCUT2D eigenvalue weighted by atomic mass is 32.1. The molecule has 0 aliphatic carbocycles. The second-order valence-corrected chi connectivity index (χ2v) is 10.8. The van der Waals surface area contributed by atoms with Gasteiger partial charge >= 0.3 is 5.97 Å². The number of aliphatic hydroxyl groups excluding tert-OH is 1. The van der Waals surface area contributed by atoms with Crippen molar-refractivity contribution in [2.75, 3.05) is 18.9 Å². The van der Waals surface area contributed by atoms with Gasteiger partial charge in [0.05, 0.1) is 12.6 Å². The van der Waals surface area contributed by atoms with E-state index in [-0.39, 0.29) is 25.0 Å².